The molecule has 2 heterocycles. The molecule has 1 unspecified atom stereocenters. The number of H-pyrrole nitrogens is 1. The predicted octanol–water partition coefficient (Wildman–Crippen LogP) is 2.68. The van der Waals surface area contributed by atoms with Crippen LogP contribution in [0, 0.1) is 0 Å². The molecule has 2 aromatic rings. The van der Waals surface area contributed by atoms with Gasteiger partial charge in [0.25, 0.3) is 0 Å². The van der Waals surface area contributed by atoms with Crippen molar-refractivity contribution in [3.63, 3.8) is 0 Å². The summed E-state index contributed by atoms with van der Waals surface area (Å²) in [5.41, 5.74) is 1.25. The van der Waals surface area contributed by atoms with E-state index < -0.39 is 0 Å². The summed E-state index contributed by atoms with van der Waals surface area (Å²) in [6.45, 7) is 3.86. The third-order valence-electron chi connectivity index (χ3n) is 4.19. The van der Waals surface area contributed by atoms with Gasteiger partial charge in [-0.15, -0.1) is 0 Å². The Morgan fingerprint density at radius 3 is 3.05 bits per heavy atom. The second-order valence-corrected chi connectivity index (χ2v) is 5.68. The number of aromatic amines is 1. The lowest BCUT2D eigenvalue weighted by atomic mass is 9.95. The molecule has 0 radical (unpaired) electrons. The van der Waals surface area contributed by atoms with Crippen molar-refractivity contribution in [2.75, 3.05) is 33.4 Å². The highest BCUT2D eigenvalue weighted by Crippen LogP contribution is 2.25. The first-order chi connectivity index (χ1) is 10.8. The van der Waals surface area contributed by atoms with Gasteiger partial charge in [0.15, 0.2) is 0 Å². The molecule has 0 spiro atoms. The highest BCUT2D eigenvalue weighted by Gasteiger charge is 2.21. The Morgan fingerprint density at radius 1 is 1.32 bits per heavy atom. The van der Waals surface area contributed by atoms with Gasteiger partial charge in [0.2, 0.25) is 0 Å². The Bertz CT molecular complexity index is 571. The Labute approximate surface area is 131 Å². The van der Waals surface area contributed by atoms with Crippen molar-refractivity contribution in [3.8, 4) is 11.5 Å². The first-order valence-electron chi connectivity index (χ1n) is 7.83. The molecular formula is C17H23N3O2. The van der Waals surface area contributed by atoms with Crippen molar-refractivity contribution in [1.29, 1.82) is 0 Å². The van der Waals surface area contributed by atoms with E-state index in [1.54, 1.807) is 7.11 Å². The van der Waals surface area contributed by atoms with Crippen LogP contribution < -0.4 is 9.47 Å². The van der Waals surface area contributed by atoms with Crippen LogP contribution in [-0.4, -0.2) is 48.4 Å². The van der Waals surface area contributed by atoms with Crippen LogP contribution >= 0.6 is 0 Å². The summed E-state index contributed by atoms with van der Waals surface area (Å²) in [6, 6.07) is 9.84. The molecule has 5 heteroatoms. The molecule has 1 atom stereocenters. The molecule has 1 aromatic carbocycles. The number of likely N-dealkylation sites (tertiary alicyclic amines) is 1. The molecular weight excluding hydrogens is 278 g/mol. The molecule has 1 aliphatic heterocycles. The standard InChI is InChI=1S/C17H23N3O2/c1-21-15-5-2-6-16(12-15)22-11-10-20-9-3-4-14(13-20)17-7-8-18-19-17/h2,5-8,12,14H,3-4,9-11,13H2,1H3,(H,18,19). The molecule has 1 fully saturated rings. The molecule has 1 saturated heterocycles. The van der Waals surface area contributed by atoms with Crippen molar-refractivity contribution in [2.24, 2.45) is 0 Å². The quantitative estimate of drug-likeness (QED) is 0.891. The van der Waals surface area contributed by atoms with E-state index >= 15 is 0 Å². The Hall–Kier alpha value is -2.01. The highest BCUT2D eigenvalue weighted by atomic mass is 16.5. The number of hydrogen-bond acceptors (Lipinski definition) is 4. The van der Waals surface area contributed by atoms with E-state index in [-0.39, 0.29) is 0 Å². The van der Waals surface area contributed by atoms with Crippen LogP contribution in [0.3, 0.4) is 0 Å². The van der Waals surface area contributed by atoms with Crippen molar-refractivity contribution in [2.45, 2.75) is 18.8 Å². The molecule has 3 rings (SSSR count). The van der Waals surface area contributed by atoms with Crippen molar-refractivity contribution in [1.82, 2.24) is 15.1 Å². The lowest BCUT2D eigenvalue weighted by Gasteiger charge is -2.32. The number of methoxy groups -OCH3 is 1. The first-order valence-corrected chi connectivity index (χ1v) is 7.83. The highest BCUT2D eigenvalue weighted by molar-refractivity contribution is 5.32. The average Bonchev–Trinajstić information content (AvgIpc) is 3.10. The zero-order valence-corrected chi connectivity index (χ0v) is 13.0. The van der Waals surface area contributed by atoms with Gasteiger partial charge in [-0.05, 0) is 37.6 Å². The van der Waals surface area contributed by atoms with E-state index in [9.17, 15) is 0 Å². The topological polar surface area (TPSA) is 50.4 Å². The number of benzene rings is 1. The Balaban J connectivity index is 1.47. The van der Waals surface area contributed by atoms with Crippen LogP contribution in [0.15, 0.2) is 36.5 Å². The monoisotopic (exact) mass is 301 g/mol. The fourth-order valence-corrected chi connectivity index (χ4v) is 2.99. The molecule has 1 N–H and O–H groups in total. The van der Waals surface area contributed by atoms with Crippen LogP contribution in [0.2, 0.25) is 0 Å². The SMILES string of the molecule is COc1cccc(OCCN2CCCC(c3ccn[nH]3)C2)c1. The fourth-order valence-electron chi connectivity index (χ4n) is 2.99. The molecule has 118 valence electrons. The van der Waals surface area contributed by atoms with Crippen LogP contribution in [0.4, 0.5) is 0 Å². The molecule has 0 aliphatic carbocycles. The van der Waals surface area contributed by atoms with Gasteiger partial charge in [-0.3, -0.25) is 10.00 Å². The van der Waals surface area contributed by atoms with Crippen LogP contribution in [0.1, 0.15) is 24.5 Å². The molecule has 0 bridgehead atoms. The van der Waals surface area contributed by atoms with E-state index in [4.69, 9.17) is 9.47 Å². The number of rotatable bonds is 6. The Kier molecular flexibility index (Phi) is 4.96. The van der Waals surface area contributed by atoms with Gasteiger partial charge in [0, 0.05) is 37.0 Å². The second-order valence-electron chi connectivity index (χ2n) is 5.68. The minimum Gasteiger partial charge on any atom is -0.497 e. The number of nitrogens with zero attached hydrogens (tertiary/aromatic N) is 2. The summed E-state index contributed by atoms with van der Waals surface area (Å²) in [5, 5.41) is 7.16. The van der Waals surface area contributed by atoms with Crippen molar-refractivity contribution in [3.05, 3.63) is 42.2 Å². The summed E-state index contributed by atoms with van der Waals surface area (Å²) >= 11 is 0. The minimum absolute atomic E-state index is 0.563. The number of nitrogens with one attached hydrogen (secondary N) is 1. The molecule has 5 nitrogen and oxygen atoms in total. The van der Waals surface area contributed by atoms with Crippen LogP contribution in [-0.2, 0) is 0 Å². The smallest absolute Gasteiger partial charge is 0.123 e. The maximum absolute atomic E-state index is 5.84. The second kappa shape index (κ2) is 7.31. The number of ether oxygens (including phenoxy) is 2. The van der Waals surface area contributed by atoms with E-state index in [1.807, 2.05) is 30.5 Å². The van der Waals surface area contributed by atoms with Gasteiger partial charge < -0.3 is 9.47 Å². The number of piperidine rings is 1. The van der Waals surface area contributed by atoms with Gasteiger partial charge in [-0.1, -0.05) is 6.07 Å². The Morgan fingerprint density at radius 2 is 2.23 bits per heavy atom. The van der Waals surface area contributed by atoms with E-state index in [0.29, 0.717) is 12.5 Å². The fraction of sp³-hybridized carbons (Fsp3) is 0.471. The normalized spacial score (nSPS) is 19.0. The lowest BCUT2D eigenvalue weighted by molar-refractivity contribution is 0.169. The van der Waals surface area contributed by atoms with E-state index in [1.165, 1.54) is 18.5 Å². The first kappa shape index (κ1) is 14.9. The molecule has 0 amide bonds. The zero-order valence-electron chi connectivity index (χ0n) is 13.0. The molecule has 22 heavy (non-hydrogen) atoms. The maximum Gasteiger partial charge on any atom is 0.123 e. The summed E-state index contributed by atoms with van der Waals surface area (Å²) in [5.74, 6) is 2.25. The van der Waals surface area contributed by atoms with Gasteiger partial charge in [-0.2, -0.15) is 5.10 Å². The number of aromatic nitrogens is 2. The molecule has 1 aliphatic rings. The van der Waals surface area contributed by atoms with Gasteiger partial charge in [0.05, 0.1) is 7.11 Å². The minimum atomic E-state index is 0.563. The predicted molar refractivity (Wildman–Crippen MR) is 85.5 cm³/mol. The van der Waals surface area contributed by atoms with E-state index in [0.717, 1.165) is 31.1 Å². The average molecular weight is 301 g/mol. The summed E-state index contributed by atoms with van der Waals surface area (Å²) < 4.78 is 11.0. The largest absolute Gasteiger partial charge is 0.497 e. The van der Waals surface area contributed by atoms with Crippen LogP contribution in [0.5, 0.6) is 11.5 Å². The number of hydrogen-bond donors (Lipinski definition) is 1. The van der Waals surface area contributed by atoms with Gasteiger partial charge in [-0.25, -0.2) is 0 Å². The summed E-state index contributed by atoms with van der Waals surface area (Å²) in [7, 11) is 1.67. The zero-order chi connectivity index (χ0) is 15.2. The van der Waals surface area contributed by atoms with Gasteiger partial charge in [0.1, 0.15) is 18.1 Å². The third kappa shape index (κ3) is 3.80. The van der Waals surface area contributed by atoms with Crippen molar-refractivity contribution >= 4 is 0 Å². The summed E-state index contributed by atoms with van der Waals surface area (Å²) in [6.07, 6.45) is 4.29. The van der Waals surface area contributed by atoms with E-state index in [2.05, 4.69) is 21.2 Å². The maximum atomic E-state index is 5.84. The van der Waals surface area contributed by atoms with Crippen LogP contribution in [0.25, 0.3) is 0 Å². The molecule has 1 aromatic heterocycles. The lowest BCUT2D eigenvalue weighted by Crippen LogP contribution is -2.37. The summed E-state index contributed by atoms with van der Waals surface area (Å²) in [4.78, 5) is 2.47. The van der Waals surface area contributed by atoms with Crippen molar-refractivity contribution < 1.29 is 9.47 Å². The van der Waals surface area contributed by atoms with Gasteiger partial charge >= 0.3 is 0 Å². The third-order valence-corrected chi connectivity index (χ3v) is 4.19. The molecule has 0 saturated carbocycles.